The molecule has 39 heavy (non-hydrogen) atoms. The summed E-state index contributed by atoms with van der Waals surface area (Å²) in [6.45, 7) is 39.2. The molecule has 0 aromatic heterocycles. The van der Waals surface area contributed by atoms with Gasteiger partial charge in [0, 0.05) is 35.1 Å². The van der Waals surface area contributed by atoms with Crippen LogP contribution in [0, 0.1) is 35.5 Å². The van der Waals surface area contributed by atoms with Crippen molar-refractivity contribution < 1.29 is 0 Å². The maximum absolute atomic E-state index is 3.01. The van der Waals surface area contributed by atoms with Crippen molar-refractivity contribution in [2.75, 3.05) is 0 Å². The molecule has 0 amide bonds. The van der Waals surface area contributed by atoms with Crippen LogP contribution >= 0.6 is 0 Å². The lowest BCUT2D eigenvalue weighted by molar-refractivity contribution is 0.675. The Labute approximate surface area is 250 Å². The van der Waals surface area contributed by atoms with E-state index in [1.54, 1.807) is 36.3 Å². The second-order valence-corrected chi connectivity index (χ2v) is 90.4. The van der Waals surface area contributed by atoms with E-state index < -0.39 is 41.7 Å². The molecule has 0 unspecified atom stereocenters. The Kier molecular flexibility index (Phi) is 10.1. The first kappa shape index (κ1) is 34.0. The minimum Gasteiger partial charge on any atom is -0.0721 e. The van der Waals surface area contributed by atoms with Crippen molar-refractivity contribution in [3.05, 3.63) is 30.3 Å². The van der Waals surface area contributed by atoms with Crippen molar-refractivity contribution in [3.63, 3.8) is 0 Å². The van der Waals surface area contributed by atoms with Crippen molar-refractivity contribution in [2.45, 2.75) is 139 Å². The van der Waals surface area contributed by atoms with E-state index in [0.717, 1.165) is 35.5 Å². The second-order valence-electron chi connectivity index (χ2n) is 18.0. The molecule has 0 radical (unpaired) electrons. The van der Waals surface area contributed by atoms with Crippen LogP contribution in [-0.2, 0) is 0 Å². The van der Waals surface area contributed by atoms with Gasteiger partial charge in [-0.2, -0.15) is 0 Å². The van der Waals surface area contributed by atoms with E-state index in [-0.39, 0.29) is 0 Å². The van der Waals surface area contributed by atoms with E-state index in [4.69, 9.17) is 0 Å². The fourth-order valence-corrected chi connectivity index (χ4v) is 430. The molecule has 3 saturated heterocycles. The fourth-order valence-electron chi connectivity index (χ4n) is 13.3. The summed E-state index contributed by atoms with van der Waals surface area (Å²) in [4.78, 5) is 0. The molecule has 224 valence electrons. The zero-order valence-corrected chi connectivity index (χ0v) is 35.1. The molecule has 3 aliphatic rings. The lowest BCUT2D eigenvalue weighted by atomic mass is 10.3. The van der Waals surface area contributed by atoms with E-state index in [9.17, 15) is 0 Å². The topological polar surface area (TPSA) is 0 Å². The van der Waals surface area contributed by atoms with Crippen molar-refractivity contribution in [2.24, 2.45) is 35.5 Å². The van der Waals surface area contributed by atoms with Crippen molar-refractivity contribution in [1.82, 2.24) is 0 Å². The Morgan fingerprint density at radius 1 is 0.462 bits per heavy atom. The number of hydrogen-bond acceptors (Lipinski definition) is 0. The second kappa shape index (κ2) is 11.6. The first-order valence-electron chi connectivity index (χ1n) is 16.9. The fraction of sp³-hybridized carbons (Fsp3) is 0.818. The van der Waals surface area contributed by atoms with E-state index in [2.05, 4.69) is 138 Å². The van der Waals surface area contributed by atoms with Crippen molar-refractivity contribution in [3.8, 4) is 0 Å². The highest BCUT2D eigenvalue weighted by Crippen LogP contribution is 2.80. The summed E-state index contributed by atoms with van der Waals surface area (Å²) in [5.74, 6) is 5.36. The molecule has 1 aromatic rings. The van der Waals surface area contributed by atoms with Crippen molar-refractivity contribution >= 4 is 46.9 Å². The van der Waals surface area contributed by atoms with E-state index in [0.29, 0.717) is 0 Å². The van der Waals surface area contributed by atoms with Crippen LogP contribution in [0.3, 0.4) is 0 Å². The van der Waals surface area contributed by atoms with Crippen LogP contribution in [0.1, 0.15) is 83.1 Å². The van der Waals surface area contributed by atoms with E-state index in [1.807, 2.05) is 0 Å². The van der Waals surface area contributed by atoms with Gasteiger partial charge in [0.25, 0.3) is 0 Å². The normalized spacial score (nSPS) is 27.1. The molecular weight excluding hydrogens is 565 g/mol. The zero-order chi connectivity index (χ0) is 29.8. The molecule has 3 aliphatic heterocycles. The Morgan fingerprint density at radius 2 is 0.718 bits per heavy atom. The van der Waals surface area contributed by atoms with Crippen LogP contribution in [0.15, 0.2) is 30.3 Å². The first-order chi connectivity index (χ1) is 17.9. The maximum atomic E-state index is 3.01. The molecule has 1 aromatic carbocycles. The summed E-state index contributed by atoms with van der Waals surface area (Å²) >= 11 is 0. The molecule has 3 fully saturated rings. The highest BCUT2D eigenvalue weighted by molar-refractivity contribution is 8.56. The van der Waals surface area contributed by atoms with Gasteiger partial charge in [-0.05, 0) is 35.5 Å². The quantitative estimate of drug-likeness (QED) is 0.179. The molecule has 0 nitrogen and oxygen atoms in total. The smallest absolute Gasteiger partial charge is 0.0614 e. The van der Waals surface area contributed by atoms with Gasteiger partial charge in [-0.3, -0.25) is 0 Å². The van der Waals surface area contributed by atoms with Gasteiger partial charge >= 0.3 is 0 Å². The summed E-state index contributed by atoms with van der Waals surface area (Å²) in [5.41, 5.74) is 0. The molecule has 0 N–H and O–H groups in total. The van der Waals surface area contributed by atoms with E-state index in [1.165, 1.54) is 0 Å². The zero-order valence-electron chi connectivity index (χ0n) is 29.1. The molecule has 4 rings (SSSR count). The number of benzene rings is 1. The summed E-state index contributed by atoms with van der Waals surface area (Å²) in [7, 11) is -5.64. The van der Waals surface area contributed by atoms with Crippen LogP contribution in [-0.4, -0.2) is 41.7 Å². The standard InChI is InChI=1S/C33H68Si6/c1-27(2)21-35(22-28(3)4)38(33-19-17-16-18-20-33)36(23-29(5)6,24-30(7)8)39(35,34(13,14)15)37(38,25-31(9)10)26-32(11)12/h16-20,27-32H,21-26H2,1-15H3. The molecule has 6 heteroatoms. The summed E-state index contributed by atoms with van der Waals surface area (Å²) in [6, 6.07) is 23.3. The summed E-state index contributed by atoms with van der Waals surface area (Å²) in [5, 5.41) is 2.08. The van der Waals surface area contributed by atoms with Crippen LogP contribution in [0.2, 0.25) is 55.9 Å². The van der Waals surface area contributed by atoms with Gasteiger partial charge in [-0.15, -0.1) is 0 Å². The Hall–Kier alpha value is 0.521. The van der Waals surface area contributed by atoms with Gasteiger partial charge in [0.05, 0.1) is 6.63 Å². The third-order valence-corrected chi connectivity index (χ3v) is 214. The maximum Gasteiger partial charge on any atom is 0.0614 e. The van der Waals surface area contributed by atoms with Gasteiger partial charge in [0.15, 0.2) is 0 Å². The van der Waals surface area contributed by atoms with Gasteiger partial charge in [0.2, 0.25) is 0 Å². The molecule has 2 bridgehead atoms. The van der Waals surface area contributed by atoms with Gasteiger partial charge in [-0.25, -0.2) is 0 Å². The largest absolute Gasteiger partial charge is 0.0721 e. The first-order valence-corrected chi connectivity index (χ1v) is 38.7. The Balaban J connectivity index is 2.67. The van der Waals surface area contributed by atoms with Gasteiger partial charge < -0.3 is 0 Å². The van der Waals surface area contributed by atoms with Crippen molar-refractivity contribution in [1.29, 1.82) is 0 Å². The number of rotatable bonds is 14. The third-order valence-electron chi connectivity index (χ3n) is 11.2. The molecular formula is C33H68Si6. The van der Waals surface area contributed by atoms with Crippen LogP contribution < -0.4 is 5.19 Å². The Bertz CT molecular complexity index is 845. The van der Waals surface area contributed by atoms with E-state index >= 15 is 0 Å². The van der Waals surface area contributed by atoms with Crippen LogP contribution in [0.5, 0.6) is 0 Å². The Morgan fingerprint density at radius 3 is 0.923 bits per heavy atom. The predicted octanol–water partition coefficient (Wildman–Crippen LogP) is 9.99. The average Bonchev–Trinajstić information content (AvgIpc) is 2.70. The molecule has 0 spiro atoms. The predicted molar refractivity (Wildman–Crippen MR) is 196 cm³/mol. The minimum absolute atomic E-state index is 0.893. The van der Waals surface area contributed by atoms with Crippen LogP contribution in [0.25, 0.3) is 0 Å². The molecule has 0 saturated carbocycles. The SMILES string of the molecule is CC(C)C[Si]1(CC(C)C)[Si]2(c3ccccc3)[Si](CC(C)C)(CC(C)C)[Si]1([Si](C)(C)C)[Si]2(CC(C)C)CC(C)C. The summed E-state index contributed by atoms with van der Waals surface area (Å²) < 4.78 is 0. The van der Waals surface area contributed by atoms with Gasteiger partial charge in [0.1, 0.15) is 0 Å². The third kappa shape index (κ3) is 4.44. The lowest BCUT2D eigenvalue weighted by Crippen LogP contribution is -3.36. The van der Waals surface area contributed by atoms with Crippen LogP contribution in [0.4, 0.5) is 0 Å². The lowest BCUT2D eigenvalue weighted by Gasteiger charge is -3.03. The highest BCUT2D eigenvalue weighted by atomic mass is 30.7. The highest BCUT2D eigenvalue weighted by Gasteiger charge is 3.09. The molecule has 0 aliphatic carbocycles. The monoisotopic (exact) mass is 632 g/mol. The number of hydrogen-bond donors (Lipinski definition) is 0. The molecule has 3 heterocycles. The average molecular weight is 633 g/mol. The minimum atomic E-state index is -1.61. The van der Waals surface area contributed by atoms with Gasteiger partial charge in [-0.1, -0.05) is 175 Å². The molecule has 0 atom stereocenters. The summed E-state index contributed by atoms with van der Waals surface area (Å²) in [6.07, 6.45) is -1.41.